The SMILES string of the molecule is CCC1(CC)CNC2CC(C(C)(C)CC)CCC2O1. The molecule has 0 aromatic heterocycles. The fourth-order valence-corrected chi connectivity index (χ4v) is 3.84. The Morgan fingerprint density at radius 3 is 2.42 bits per heavy atom. The monoisotopic (exact) mass is 267 g/mol. The van der Waals surface area contributed by atoms with Crippen LogP contribution in [0.3, 0.4) is 0 Å². The summed E-state index contributed by atoms with van der Waals surface area (Å²) in [5.41, 5.74) is 0.588. The molecule has 0 amide bonds. The summed E-state index contributed by atoms with van der Waals surface area (Å²) in [7, 11) is 0. The maximum absolute atomic E-state index is 6.51. The summed E-state index contributed by atoms with van der Waals surface area (Å²) in [5.74, 6) is 0.852. The normalized spacial score (nSPS) is 34.9. The smallest absolute Gasteiger partial charge is 0.0805 e. The summed E-state index contributed by atoms with van der Waals surface area (Å²) in [6.07, 6.45) is 7.88. The molecule has 0 bridgehead atoms. The maximum atomic E-state index is 6.51. The molecule has 0 aromatic rings. The van der Waals surface area contributed by atoms with Crippen LogP contribution in [-0.4, -0.2) is 24.3 Å². The second-order valence-electron chi connectivity index (χ2n) is 7.39. The van der Waals surface area contributed by atoms with E-state index in [1.54, 1.807) is 0 Å². The lowest BCUT2D eigenvalue weighted by molar-refractivity contribution is -0.157. The van der Waals surface area contributed by atoms with Crippen molar-refractivity contribution in [3.05, 3.63) is 0 Å². The molecule has 1 heterocycles. The van der Waals surface area contributed by atoms with Crippen LogP contribution in [0, 0.1) is 11.3 Å². The van der Waals surface area contributed by atoms with Gasteiger partial charge in [0.1, 0.15) is 0 Å². The molecular formula is C17H33NO. The molecule has 2 nitrogen and oxygen atoms in total. The summed E-state index contributed by atoms with van der Waals surface area (Å²) in [6, 6.07) is 0.593. The van der Waals surface area contributed by atoms with Gasteiger partial charge in [-0.3, -0.25) is 0 Å². The lowest BCUT2D eigenvalue weighted by Crippen LogP contribution is -2.61. The van der Waals surface area contributed by atoms with Crippen molar-refractivity contribution in [2.24, 2.45) is 11.3 Å². The van der Waals surface area contributed by atoms with Crippen LogP contribution < -0.4 is 5.32 Å². The first kappa shape index (κ1) is 15.3. The van der Waals surface area contributed by atoms with Crippen molar-refractivity contribution in [2.45, 2.75) is 90.9 Å². The third-order valence-electron chi connectivity index (χ3n) is 6.18. The largest absolute Gasteiger partial charge is 0.369 e. The Bertz CT molecular complexity index is 296. The highest BCUT2D eigenvalue weighted by molar-refractivity contribution is 4.98. The Labute approximate surface area is 119 Å². The minimum absolute atomic E-state index is 0.105. The van der Waals surface area contributed by atoms with Crippen LogP contribution >= 0.6 is 0 Å². The van der Waals surface area contributed by atoms with Gasteiger partial charge in [-0.25, -0.2) is 0 Å². The van der Waals surface area contributed by atoms with Crippen molar-refractivity contribution in [1.82, 2.24) is 5.32 Å². The number of morpholine rings is 1. The van der Waals surface area contributed by atoms with Crippen molar-refractivity contribution in [3.63, 3.8) is 0 Å². The maximum Gasteiger partial charge on any atom is 0.0805 e. The zero-order chi connectivity index (χ0) is 14.1. The Morgan fingerprint density at radius 1 is 1.16 bits per heavy atom. The molecule has 2 fully saturated rings. The lowest BCUT2D eigenvalue weighted by atomic mass is 9.67. The van der Waals surface area contributed by atoms with Gasteiger partial charge in [-0.2, -0.15) is 0 Å². The van der Waals surface area contributed by atoms with Crippen LogP contribution in [0.1, 0.15) is 73.1 Å². The van der Waals surface area contributed by atoms with Crippen molar-refractivity contribution < 1.29 is 4.74 Å². The second-order valence-corrected chi connectivity index (χ2v) is 7.39. The number of ether oxygens (including phenoxy) is 1. The van der Waals surface area contributed by atoms with Gasteiger partial charge in [0.25, 0.3) is 0 Å². The third-order valence-corrected chi connectivity index (χ3v) is 6.18. The van der Waals surface area contributed by atoms with E-state index in [-0.39, 0.29) is 5.60 Å². The number of rotatable bonds is 4. The minimum atomic E-state index is 0.105. The molecule has 2 aliphatic rings. The molecule has 19 heavy (non-hydrogen) atoms. The molecule has 0 radical (unpaired) electrons. The molecule has 112 valence electrons. The average Bonchev–Trinajstić information content (AvgIpc) is 2.46. The lowest BCUT2D eigenvalue weighted by Gasteiger charge is -2.50. The summed E-state index contributed by atoms with van der Waals surface area (Å²) in [6.45, 7) is 12.8. The number of hydrogen-bond donors (Lipinski definition) is 1. The third kappa shape index (κ3) is 3.00. The number of nitrogens with one attached hydrogen (secondary N) is 1. The first-order valence-corrected chi connectivity index (χ1v) is 8.37. The molecule has 0 spiro atoms. The Morgan fingerprint density at radius 2 is 1.84 bits per heavy atom. The summed E-state index contributed by atoms with van der Waals surface area (Å²) < 4.78 is 6.51. The standard InChI is InChI=1S/C17H33NO/c1-6-16(4,5)13-9-10-15-14(11-13)18-12-17(7-2,8-3)19-15/h13-15,18H,6-12H2,1-5H3. The zero-order valence-corrected chi connectivity index (χ0v) is 13.6. The first-order valence-electron chi connectivity index (χ1n) is 8.37. The highest BCUT2D eigenvalue weighted by Crippen LogP contribution is 2.43. The minimum Gasteiger partial charge on any atom is -0.369 e. The van der Waals surface area contributed by atoms with Crippen LogP contribution in [0.5, 0.6) is 0 Å². The molecule has 3 atom stereocenters. The Kier molecular flexibility index (Phi) is 4.62. The number of fused-ring (bicyclic) bond motifs is 1. The van der Waals surface area contributed by atoms with E-state index in [1.807, 2.05) is 0 Å². The molecule has 1 N–H and O–H groups in total. The van der Waals surface area contributed by atoms with Gasteiger partial charge in [-0.15, -0.1) is 0 Å². The predicted molar refractivity (Wildman–Crippen MR) is 81.4 cm³/mol. The van der Waals surface area contributed by atoms with Crippen molar-refractivity contribution >= 4 is 0 Å². The van der Waals surface area contributed by atoms with Gasteiger partial charge in [0.2, 0.25) is 0 Å². The van der Waals surface area contributed by atoms with E-state index in [9.17, 15) is 0 Å². The summed E-state index contributed by atoms with van der Waals surface area (Å²) in [5, 5.41) is 3.81. The molecular weight excluding hydrogens is 234 g/mol. The van der Waals surface area contributed by atoms with Gasteiger partial charge in [-0.1, -0.05) is 41.0 Å². The fraction of sp³-hybridized carbons (Fsp3) is 1.00. The van der Waals surface area contributed by atoms with Gasteiger partial charge in [-0.05, 0) is 43.4 Å². The van der Waals surface area contributed by atoms with Crippen molar-refractivity contribution in [2.75, 3.05) is 6.54 Å². The van der Waals surface area contributed by atoms with Gasteiger partial charge in [0.15, 0.2) is 0 Å². The second kappa shape index (κ2) is 5.73. The van der Waals surface area contributed by atoms with Crippen molar-refractivity contribution in [3.8, 4) is 0 Å². The molecule has 1 saturated carbocycles. The molecule has 3 unspecified atom stereocenters. The van der Waals surface area contributed by atoms with Crippen LogP contribution in [0.4, 0.5) is 0 Å². The van der Waals surface area contributed by atoms with Gasteiger partial charge >= 0.3 is 0 Å². The molecule has 1 aliphatic heterocycles. The van der Waals surface area contributed by atoms with E-state index in [2.05, 4.69) is 39.9 Å². The van der Waals surface area contributed by atoms with Gasteiger partial charge in [0, 0.05) is 12.6 Å². The van der Waals surface area contributed by atoms with E-state index in [0.717, 1.165) is 25.3 Å². The zero-order valence-electron chi connectivity index (χ0n) is 13.6. The molecule has 1 aliphatic carbocycles. The van der Waals surface area contributed by atoms with Crippen LogP contribution in [0.25, 0.3) is 0 Å². The van der Waals surface area contributed by atoms with Crippen LogP contribution in [-0.2, 0) is 4.74 Å². The van der Waals surface area contributed by atoms with E-state index >= 15 is 0 Å². The van der Waals surface area contributed by atoms with Crippen molar-refractivity contribution in [1.29, 1.82) is 0 Å². The van der Waals surface area contributed by atoms with E-state index < -0.39 is 0 Å². The van der Waals surface area contributed by atoms with Crippen LogP contribution in [0.15, 0.2) is 0 Å². The Hall–Kier alpha value is -0.0800. The fourth-order valence-electron chi connectivity index (χ4n) is 3.84. The molecule has 2 heteroatoms. The highest BCUT2D eigenvalue weighted by Gasteiger charge is 2.44. The van der Waals surface area contributed by atoms with E-state index in [1.165, 1.54) is 25.7 Å². The highest BCUT2D eigenvalue weighted by atomic mass is 16.5. The van der Waals surface area contributed by atoms with Crippen LogP contribution in [0.2, 0.25) is 0 Å². The molecule has 2 rings (SSSR count). The van der Waals surface area contributed by atoms with Gasteiger partial charge in [0.05, 0.1) is 11.7 Å². The first-order chi connectivity index (χ1) is 8.96. The van der Waals surface area contributed by atoms with Gasteiger partial charge < -0.3 is 10.1 Å². The number of hydrogen-bond acceptors (Lipinski definition) is 2. The average molecular weight is 267 g/mol. The molecule has 0 aromatic carbocycles. The van der Waals surface area contributed by atoms with E-state index in [4.69, 9.17) is 4.74 Å². The summed E-state index contributed by atoms with van der Waals surface area (Å²) >= 11 is 0. The topological polar surface area (TPSA) is 21.3 Å². The summed E-state index contributed by atoms with van der Waals surface area (Å²) in [4.78, 5) is 0. The molecule has 1 saturated heterocycles. The Balaban J connectivity index is 1.99. The predicted octanol–water partition coefficient (Wildman–Crippen LogP) is 4.14. The van der Waals surface area contributed by atoms with E-state index in [0.29, 0.717) is 17.6 Å². The quantitative estimate of drug-likeness (QED) is 0.826.